The van der Waals surface area contributed by atoms with Crippen LogP contribution in [0, 0.1) is 0 Å². The van der Waals surface area contributed by atoms with E-state index in [0.717, 1.165) is 16.7 Å². The topological polar surface area (TPSA) is 114 Å². The molecule has 10 heteroatoms. The fourth-order valence-corrected chi connectivity index (χ4v) is 4.40. The zero-order chi connectivity index (χ0) is 24.7. The summed E-state index contributed by atoms with van der Waals surface area (Å²) in [5.41, 5.74) is 2.68. The minimum Gasteiger partial charge on any atom is -0.454 e. The summed E-state index contributed by atoms with van der Waals surface area (Å²) in [6, 6.07) is 23.3. The van der Waals surface area contributed by atoms with E-state index < -0.39 is 12.1 Å². The summed E-state index contributed by atoms with van der Waals surface area (Å²) in [6.45, 7) is 0.534. The second kappa shape index (κ2) is 10.9. The second-order valence-electron chi connectivity index (χ2n) is 8.02. The standard InChI is InChI=1S/C26H23N5O4S/c32-23(29-26-31-30-24(36-26)19-11-12-21-22(14-19)35-16-34-21)20(13-17-7-3-1-4-8-17)28-25(33)27-15-18-9-5-2-6-10-18/h1-12,14,20H,13,15-16H2,(H2,27,28,33)(H,29,31,32). The van der Waals surface area contributed by atoms with E-state index in [1.807, 2.05) is 78.9 Å². The Morgan fingerprint density at radius 2 is 1.61 bits per heavy atom. The number of carbonyl (C=O) groups excluding carboxylic acids is 2. The van der Waals surface area contributed by atoms with Gasteiger partial charge in [0, 0.05) is 18.5 Å². The van der Waals surface area contributed by atoms with Gasteiger partial charge in [0.2, 0.25) is 17.8 Å². The van der Waals surface area contributed by atoms with Crippen molar-refractivity contribution in [2.24, 2.45) is 0 Å². The lowest BCUT2D eigenvalue weighted by Gasteiger charge is -2.18. The Kier molecular flexibility index (Phi) is 7.04. The van der Waals surface area contributed by atoms with Crippen molar-refractivity contribution in [2.75, 3.05) is 12.1 Å². The number of nitrogens with one attached hydrogen (secondary N) is 3. The summed E-state index contributed by atoms with van der Waals surface area (Å²) >= 11 is 1.23. The number of carbonyl (C=O) groups is 2. The lowest BCUT2D eigenvalue weighted by molar-refractivity contribution is -0.117. The predicted molar refractivity (Wildman–Crippen MR) is 136 cm³/mol. The van der Waals surface area contributed by atoms with E-state index >= 15 is 0 Å². The van der Waals surface area contributed by atoms with Crippen molar-refractivity contribution >= 4 is 28.4 Å². The van der Waals surface area contributed by atoms with E-state index in [1.165, 1.54) is 11.3 Å². The third-order valence-corrected chi connectivity index (χ3v) is 6.36. The number of amides is 3. The molecular weight excluding hydrogens is 478 g/mol. The number of aromatic nitrogens is 2. The van der Waals surface area contributed by atoms with Gasteiger partial charge in [0.05, 0.1) is 0 Å². The number of benzene rings is 3. The highest BCUT2D eigenvalue weighted by atomic mass is 32.1. The summed E-state index contributed by atoms with van der Waals surface area (Å²) in [6.07, 6.45) is 0.319. The molecule has 1 atom stereocenters. The average molecular weight is 502 g/mol. The minimum absolute atomic E-state index is 0.185. The number of urea groups is 1. The first-order valence-corrected chi connectivity index (χ1v) is 12.1. The Balaban J connectivity index is 1.26. The van der Waals surface area contributed by atoms with Crippen LogP contribution < -0.4 is 25.4 Å². The number of ether oxygens (including phenoxy) is 2. The molecule has 0 aliphatic carbocycles. The van der Waals surface area contributed by atoms with Crippen LogP contribution in [-0.2, 0) is 17.8 Å². The Morgan fingerprint density at radius 3 is 2.39 bits per heavy atom. The predicted octanol–water partition coefficient (Wildman–Crippen LogP) is 3.98. The molecule has 4 aromatic rings. The van der Waals surface area contributed by atoms with Crippen molar-refractivity contribution in [1.82, 2.24) is 20.8 Å². The van der Waals surface area contributed by atoms with Gasteiger partial charge in [-0.25, -0.2) is 4.79 Å². The van der Waals surface area contributed by atoms with Gasteiger partial charge in [-0.1, -0.05) is 72.0 Å². The van der Waals surface area contributed by atoms with Gasteiger partial charge in [0.1, 0.15) is 11.0 Å². The van der Waals surface area contributed by atoms with Crippen LogP contribution in [0.4, 0.5) is 9.93 Å². The molecule has 1 unspecified atom stereocenters. The van der Waals surface area contributed by atoms with E-state index in [-0.39, 0.29) is 12.7 Å². The minimum atomic E-state index is -0.818. The Hall–Kier alpha value is -4.44. The number of rotatable bonds is 8. The number of hydrogen-bond donors (Lipinski definition) is 3. The number of hydrogen-bond acceptors (Lipinski definition) is 7. The van der Waals surface area contributed by atoms with Crippen LogP contribution in [0.2, 0.25) is 0 Å². The molecule has 9 nitrogen and oxygen atoms in total. The SMILES string of the molecule is O=C(NCc1ccccc1)NC(Cc1ccccc1)C(=O)Nc1nnc(-c2ccc3c(c2)OCO3)s1. The van der Waals surface area contributed by atoms with Gasteiger partial charge in [-0.05, 0) is 29.3 Å². The molecule has 0 saturated heterocycles. The molecule has 0 bridgehead atoms. The maximum Gasteiger partial charge on any atom is 0.315 e. The molecule has 0 radical (unpaired) electrons. The van der Waals surface area contributed by atoms with Crippen LogP contribution in [0.25, 0.3) is 10.6 Å². The summed E-state index contributed by atoms with van der Waals surface area (Å²) in [4.78, 5) is 25.8. The monoisotopic (exact) mass is 501 g/mol. The Labute approximate surface area is 211 Å². The number of anilines is 1. The van der Waals surface area contributed by atoms with Gasteiger partial charge in [0.15, 0.2) is 11.5 Å². The van der Waals surface area contributed by atoms with Crippen LogP contribution in [0.3, 0.4) is 0 Å². The normalized spacial score (nSPS) is 12.6. The van der Waals surface area contributed by atoms with E-state index in [2.05, 4.69) is 26.1 Å². The molecule has 1 aromatic heterocycles. The van der Waals surface area contributed by atoms with Crippen LogP contribution in [-0.4, -0.2) is 35.0 Å². The van der Waals surface area contributed by atoms with E-state index in [9.17, 15) is 9.59 Å². The van der Waals surface area contributed by atoms with Crippen LogP contribution in [0.5, 0.6) is 11.5 Å². The van der Waals surface area contributed by atoms with Gasteiger partial charge >= 0.3 is 6.03 Å². The fraction of sp³-hybridized carbons (Fsp3) is 0.154. The molecule has 3 N–H and O–H groups in total. The zero-order valence-electron chi connectivity index (χ0n) is 19.1. The van der Waals surface area contributed by atoms with Crippen LogP contribution >= 0.6 is 11.3 Å². The van der Waals surface area contributed by atoms with Crippen molar-refractivity contribution in [3.63, 3.8) is 0 Å². The van der Waals surface area contributed by atoms with Gasteiger partial charge in [0.25, 0.3) is 0 Å². The van der Waals surface area contributed by atoms with E-state index in [0.29, 0.717) is 34.6 Å². The summed E-state index contributed by atoms with van der Waals surface area (Å²) in [7, 11) is 0. The molecule has 36 heavy (non-hydrogen) atoms. The molecule has 3 aromatic carbocycles. The van der Waals surface area contributed by atoms with Crippen molar-refractivity contribution in [1.29, 1.82) is 0 Å². The maximum absolute atomic E-state index is 13.2. The van der Waals surface area contributed by atoms with Crippen molar-refractivity contribution in [2.45, 2.75) is 19.0 Å². The van der Waals surface area contributed by atoms with Crippen molar-refractivity contribution < 1.29 is 19.1 Å². The third-order valence-electron chi connectivity index (χ3n) is 5.48. The Bertz CT molecular complexity index is 1350. The molecule has 182 valence electrons. The lowest BCUT2D eigenvalue weighted by Crippen LogP contribution is -2.49. The summed E-state index contributed by atoms with van der Waals surface area (Å²) in [5, 5.41) is 17.6. The highest BCUT2D eigenvalue weighted by molar-refractivity contribution is 7.18. The fourth-order valence-electron chi connectivity index (χ4n) is 3.66. The molecule has 2 heterocycles. The summed E-state index contributed by atoms with van der Waals surface area (Å²) < 4.78 is 10.8. The van der Waals surface area contributed by atoms with Gasteiger partial charge in [-0.15, -0.1) is 10.2 Å². The lowest BCUT2D eigenvalue weighted by atomic mass is 10.1. The van der Waals surface area contributed by atoms with Gasteiger partial charge < -0.3 is 20.1 Å². The van der Waals surface area contributed by atoms with E-state index in [4.69, 9.17) is 9.47 Å². The molecule has 1 aliphatic heterocycles. The number of nitrogens with zero attached hydrogens (tertiary/aromatic N) is 2. The highest BCUT2D eigenvalue weighted by Crippen LogP contribution is 2.37. The first kappa shape index (κ1) is 23.3. The van der Waals surface area contributed by atoms with Gasteiger partial charge in [-0.3, -0.25) is 10.1 Å². The largest absolute Gasteiger partial charge is 0.454 e. The number of fused-ring (bicyclic) bond motifs is 1. The first-order chi connectivity index (χ1) is 17.6. The zero-order valence-corrected chi connectivity index (χ0v) is 20.0. The van der Waals surface area contributed by atoms with Crippen molar-refractivity contribution in [3.05, 3.63) is 90.0 Å². The third kappa shape index (κ3) is 5.78. The molecular formula is C26H23N5O4S. The Morgan fingerprint density at radius 1 is 0.889 bits per heavy atom. The second-order valence-corrected chi connectivity index (χ2v) is 9.00. The maximum atomic E-state index is 13.2. The van der Waals surface area contributed by atoms with Crippen molar-refractivity contribution in [3.8, 4) is 22.1 Å². The van der Waals surface area contributed by atoms with E-state index in [1.54, 1.807) is 0 Å². The van der Waals surface area contributed by atoms with Crippen LogP contribution in [0.1, 0.15) is 11.1 Å². The average Bonchev–Trinajstić information content (AvgIpc) is 3.57. The molecule has 1 aliphatic rings. The quantitative estimate of drug-likeness (QED) is 0.337. The summed E-state index contributed by atoms with van der Waals surface area (Å²) in [5.74, 6) is 0.932. The molecule has 5 rings (SSSR count). The molecule has 3 amide bonds. The molecule has 0 saturated carbocycles. The molecule has 0 spiro atoms. The molecule has 0 fully saturated rings. The first-order valence-electron chi connectivity index (χ1n) is 11.3. The van der Waals surface area contributed by atoms with Crippen LogP contribution in [0.15, 0.2) is 78.9 Å². The highest BCUT2D eigenvalue weighted by Gasteiger charge is 2.23. The smallest absolute Gasteiger partial charge is 0.315 e. The van der Waals surface area contributed by atoms with Gasteiger partial charge in [-0.2, -0.15) is 0 Å².